The van der Waals surface area contributed by atoms with Crippen molar-refractivity contribution in [1.82, 2.24) is 10.6 Å². The van der Waals surface area contributed by atoms with Crippen LogP contribution in [-0.2, 0) is 9.59 Å². The number of imide groups is 1. The molecule has 2 rings (SSSR count). The zero-order valence-electron chi connectivity index (χ0n) is 10.0. The molecule has 1 aliphatic heterocycles. The highest BCUT2D eigenvalue weighted by Crippen LogP contribution is 2.09. The second-order valence-electron chi connectivity index (χ2n) is 4.29. The zero-order valence-corrected chi connectivity index (χ0v) is 10.0. The quantitative estimate of drug-likeness (QED) is 0.747. The first kappa shape index (κ1) is 12.3. The minimum absolute atomic E-state index is 0.254. The lowest BCUT2D eigenvalue weighted by Crippen LogP contribution is -2.52. The summed E-state index contributed by atoms with van der Waals surface area (Å²) in [6.45, 7) is 1.83. The van der Waals surface area contributed by atoms with Crippen LogP contribution in [0.1, 0.15) is 28.8 Å². The summed E-state index contributed by atoms with van der Waals surface area (Å²) in [6, 6.07) is 6.52. The molecular formula is C13H14N2O3. The molecule has 0 aromatic heterocycles. The van der Waals surface area contributed by atoms with Gasteiger partial charge in [0.05, 0.1) is 0 Å². The van der Waals surface area contributed by atoms with Crippen molar-refractivity contribution in [1.29, 1.82) is 0 Å². The van der Waals surface area contributed by atoms with E-state index in [0.29, 0.717) is 12.0 Å². The molecule has 0 saturated carbocycles. The summed E-state index contributed by atoms with van der Waals surface area (Å²) in [5.41, 5.74) is 1.39. The monoisotopic (exact) mass is 246 g/mol. The Morgan fingerprint density at radius 2 is 2.06 bits per heavy atom. The minimum Gasteiger partial charge on any atom is -0.340 e. The first-order valence-electron chi connectivity index (χ1n) is 5.78. The van der Waals surface area contributed by atoms with E-state index in [1.807, 2.05) is 19.1 Å². The van der Waals surface area contributed by atoms with Gasteiger partial charge in [0.1, 0.15) is 6.04 Å². The summed E-state index contributed by atoms with van der Waals surface area (Å²) >= 11 is 0. The number of hydrogen-bond donors (Lipinski definition) is 2. The SMILES string of the molecule is Cc1ccccc1C(=O)NC1CCC(=O)NC1=O. The van der Waals surface area contributed by atoms with Crippen molar-refractivity contribution in [3.05, 3.63) is 35.4 Å². The predicted molar refractivity (Wildman–Crippen MR) is 64.8 cm³/mol. The molecule has 5 heteroatoms. The average molecular weight is 246 g/mol. The van der Waals surface area contributed by atoms with Gasteiger partial charge in [0.25, 0.3) is 5.91 Å². The number of benzene rings is 1. The fourth-order valence-electron chi connectivity index (χ4n) is 1.89. The van der Waals surface area contributed by atoms with Crippen molar-refractivity contribution < 1.29 is 14.4 Å². The summed E-state index contributed by atoms with van der Waals surface area (Å²) in [4.78, 5) is 34.5. The van der Waals surface area contributed by atoms with E-state index >= 15 is 0 Å². The molecule has 2 N–H and O–H groups in total. The van der Waals surface area contributed by atoms with Gasteiger partial charge in [0.15, 0.2) is 0 Å². The van der Waals surface area contributed by atoms with Crippen molar-refractivity contribution in [3.8, 4) is 0 Å². The summed E-state index contributed by atoms with van der Waals surface area (Å²) in [7, 11) is 0. The van der Waals surface area contributed by atoms with Crippen LogP contribution < -0.4 is 10.6 Å². The third-order valence-electron chi connectivity index (χ3n) is 2.93. The number of amides is 3. The van der Waals surface area contributed by atoms with Crippen LogP contribution in [0.5, 0.6) is 0 Å². The van der Waals surface area contributed by atoms with Gasteiger partial charge >= 0.3 is 0 Å². The molecule has 5 nitrogen and oxygen atoms in total. The van der Waals surface area contributed by atoms with Crippen LogP contribution in [0.25, 0.3) is 0 Å². The lowest BCUT2D eigenvalue weighted by molar-refractivity contribution is -0.134. The Morgan fingerprint density at radius 1 is 1.33 bits per heavy atom. The molecule has 3 amide bonds. The van der Waals surface area contributed by atoms with Crippen LogP contribution in [0.3, 0.4) is 0 Å². The smallest absolute Gasteiger partial charge is 0.252 e. The predicted octanol–water partition coefficient (Wildman–Crippen LogP) is 0.530. The molecule has 1 aromatic rings. The first-order chi connectivity index (χ1) is 8.58. The van der Waals surface area contributed by atoms with E-state index in [1.165, 1.54) is 0 Å². The molecule has 1 aliphatic rings. The van der Waals surface area contributed by atoms with Gasteiger partial charge in [-0.25, -0.2) is 0 Å². The lowest BCUT2D eigenvalue weighted by Gasteiger charge is -2.22. The van der Waals surface area contributed by atoms with Crippen molar-refractivity contribution in [2.24, 2.45) is 0 Å². The van der Waals surface area contributed by atoms with E-state index in [4.69, 9.17) is 0 Å². The number of aryl methyl sites for hydroxylation is 1. The fourth-order valence-corrected chi connectivity index (χ4v) is 1.89. The second-order valence-corrected chi connectivity index (χ2v) is 4.29. The van der Waals surface area contributed by atoms with E-state index in [2.05, 4.69) is 10.6 Å². The summed E-state index contributed by atoms with van der Waals surface area (Å²) in [5.74, 6) is -1.02. The number of nitrogens with one attached hydrogen (secondary N) is 2. The van der Waals surface area contributed by atoms with Gasteiger partial charge in [0, 0.05) is 12.0 Å². The van der Waals surface area contributed by atoms with E-state index in [-0.39, 0.29) is 18.2 Å². The maximum absolute atomic E-state index is 12.0. The third kappa shape index (κ3) is 2.56. The number of rotatable bonds is 2. The normalized spacial score (nSPS) is 19.3. The Balaban J connectivity index is 2.06. The highest BCUT2D eigenvalue weighted by Gasteiger charge is 2.28. The van der Waals surface area contributed by atoms with Crippen molar-refractivity contribution >= 4 is 17.7 Å². The second kappa shape index (κ2) is 5.00. The molecule has 1 atom stereocenters. The lowest BCUT2D eigenvalue weighted by atomic mass is 10.0. The summed E-state index contributed by atoms with van der Waals surface area (Å²) < 4.78 is 0. The molecule has 1 fully saturated rings. The molecule has 1 saturated heterocycles. The van der Waals surface area contributed by atoms with Gasteiger partial charge in [-0.05, 0) is 25.0 Å². The molecular weight excluding hydrogens is 232 g/mol. The number of piperidine rings is 1. The maximum Gasteiger partial charge on any atom is 0.252 e. The van der Waals surface area contributed by atoms with Crippen molar-refractivity contribution in [2.75, 3.05) is 0 Å². The molecule has 1 aromatic carbocycles. The standard InChI is InChI=1S/C13H14N2O3/c1-8-4-2-3-5-9(8)12(17)14-10-6-7-11(16)15-13(10)18/h2-5,10H,6-7H2,1H3,(H,14,17)(H,15,16,18). The zero-order chi connectivity index (χ0) is 13.1. The summed E-state index contributed by atoms with van der Waals surface area (Å²) in [5, 5.41) is 4.85. The minimum atomic E-state index is -0.630. The van der Waals surface area contributed by atoms with E-state index < -0.39 is 11.9 Å². The largest absolute Gasteiger partial charge is 0.340 e. The molecule has 1 unspecified atom stereocenters. The van der Waals surface area contributed by atoms with Crippen LogP contribution >= 0.6 is 0 Å². The van der Waals surface area contributed by atoms with Crippen LogP contribution in [0, 0.1) is 6.92 Å². The Labute approximate surface area is 105 Å². The Hall–Kier alpha value is -2.17. The molecule has 0 aliphatic carbocycles. The van der Waals surface area contributed by atoms with Crippen LogP contribution in [0.2, 0.25) is 0 Å². The highest BCUT2D eigenvalue weighted by molar-refractivity contribution is 6.04. The van der Waals surface area contributed by atoms with Gasteiger partial charge < -0.3 is 5.32 Å². The topological polar surface area (TPSA) is 75.3 Å². The third-order valence-corrected chi connectivity index (χ3v) is 2.93. The van der Waals surface area contributed by atoms with Gasteiger partial charge in [-0.2, -0.15) is 0 Å². The van der Waals surface area contributed by atoms with Crippen LogP contribution in [0.15, 0.2) is 24.3 Å². The summed E-state index contributed by atoms with van der Waals surface area (Å²) in [6.07, 6.45) is 0.604. The average Bonchev–Trinajstić information content (AvgIpc) is 2.33. The van der Waals surface area contributed by atoms with Gasteiger partial charge in [-0.15, -0.1) is 0 Å². The van der Waals surface area contributed by atoms with Gasteiger partial charge in [-0.3, -0.25) is 19.7 Å². The Kier molecular flexibility index (Phi) is 3.41. The fraction of sp³-hybridized carbons (Fsp3) is 0.308. The van der Waals surface area contributed by atoms with Crippen LogP contribution in [-0.4, -0.2) is 23.8 Å². The van der Waals surface area contributed by atoms with Gasteiger partial charge in [0.2, 0.25) is 11.8 Å². The number of carbonyl (C=O) groups is 3. The van der Waals surface area contributed by atoms with E-state index in [9.17, 15) is 14.4 Å². The first-order valence-corrected chi connectivity index (χ1v) is 5.78. The number of carbonyl (C=O) groups excluding carboxylic acids is 3. The Morgan fingerprint density at radius 3 is 2.72 bits per heavy atom. The van der Waals surface area contributed by atoms with Gasteiger partial charge in [-0.1, -0.05) is 18.2 Å². The maximum atomic E-state index is 12.0. The Bertz CT molecular complexity index is 511. The molecule has 0 spiro atoms. The van der Waals surface area contributed by atoms with Crippen LogP contribution in [0.4, 0.5) is 0 Å². The molecule has 1 heterocycles. The highest BCUT2D eigenvalue weighted by atomic mass is 16.2. The number of hydrogen-bond acceptors (Lipinski definition) is 3. The van der Waals surface area contributed by atoms with Crippen molar-refractivity contribution in [2.45, 2.75) is 25.8 Å². The molecule has 94 valence electrons. The molecule has 18 heavy (non-hydrogen) atoms. The van der Waals surface area contributed by atoms with Crippen molar-refractivity contribution in [3.63, 3.8) is 0 Å². The van der Waals surface area contributed by atoms with E-state index in [0.717, 1.165) is 5.56 Å². The van der Waals surface area contributed by atoms with E-state index in [1.54, 1.807) is 12.1 Å². The molecule has 0 radical (unpaired) electrons. The molecule has 0 bridgehead atoms.